The molecule has 0 aromatic heterocycles. The first kappa shape index (κ1) is 21.2. The van der Waals surface area contributed by atoms with Crippen LogP contribution in [-0.2, 0) is 22.7 Å². The molecule has 1 aliphatic rings. The van der Waals surface area contributed by atoms with Crippen LogP contribution in [-0.4, -0.2) is 24.8 Å². The summed E-state index contributed by atoms with van der Waals surface area (Å²) in [5.41, 5.74) is 2.18. The fourth-order valence-electron chi connectivity index (χ4n) is 3.12. The number of carbonyl (C=O) groups is 2. The van der Waals surface area contributed by atoms with Crippen LogP contribution in [0.1, 0.15) is 28.4 Å². The highest BCUT2D eigenvalue weighted by Gasteiger charge is 2.20. The summed E-state index contributed by atoms with van der Waals surface area (Å²) in [5, 5.41) is 2.76. The maximum absolute atomic E-state index is 12.5. The smallest absolute Gasteiger partial charge is 0.339 e. The molecule has 1 atom stereocenters. The van der Waals surface area contributed by atoms with E-state index >= 15 is 0 Å². The van der Waals surface area contributed by atoms with Crippen molar-refractivity contribution in [2.24, 2.45) is 0 Å². The zero-order valence-corrected chi connectivity index (χ0v) is 17.6. The second kappa shape index (κ2) is 9.87. The quantitative estimate of drug-likeness (QED) is 0.544. The molecule has 3 aromatic rings. The summed E-state index contributed by atoms with van der Waals surface area (Å²) in [6.45, 7) is 2.39. The minimum Gasteiger partial charge on any atom is -0.489 e. The number of benzene rings is 3. The van der Waals surface area contributed by atoms with Crippen molar-refractivity contribution in [3.8, 4) is 17.2 Å². The number of nitrogens with one attached hydrogen (secondary N) is 1. The number of ether oxygens (including phenoxy) is 4. The van der Waals surface area contributed by atoms with Crippen LogP contribution in [0.15, 0.2) is 72.8 Å². The number of esters is 1. The van der Waals surface area contributed by atoms with Gasteiger partial charge in [-0.2, -0.15) is 0 Å². The highest BCUT2D eigenvalue weighted by molar-refractivity contribution is 5.92. The van der Waals surface area contributed by atoms with Gasteiger partial charge in [-0.15, -0.1) is 0 Å². The van der Waals surface area contributed by atoms with Gasteiger partial charge in [-0.1, -0.05) is 42.5 Å². The predicted octanol–water partition coefficient (Wildman–Crippen LogP) is 3.86. The molecule has 0 saturated heterocycles. The molecule has 7 heteroatoms. The largest absolute Gasteiger partial charge is 0.489 e. The van der Waals surface area contributed by atoms with E-state index in [-0.39, 0.29) is 13.3 Å². The molecule has 4 rings (SSSR count). The Morgan fingerprint density at radius 3 is 2.59 bits per heavy atom. The van der Waals surface area contributed by atoms with E-state index < -0.39 is 18.0 Å². The summed E-state index contributed by atoms with van der Waals surface area (Å²) in [7, 11) is 0. The highest BCUT2D eigenvalue weighted by atomic mass is 16.7. The third kappa shape index (κ3) is 5.37. The normalized spacial score (nSPS) is 12.7. The third-order valence-corrected chi connectivity index (χ3v) is 4.87. The Hall–Kier alpha value is -4.00. The molecule has 0 bridgehead atoms. The molecule has 0 aliphatic carbocycles. The molecule has 1 aliphatic heterocycles. The molecule has 164 valence electrons. The average molecular weight is 433 g/mol. The SMILES string of the molecule is CC(OC(=O)c1cccc(OCc2ccccc2)c1)C(=O)NCc1ccc2c(c1)OCO2. The lowest BCUT2D eigenvalue weighted by Crippen LogP contribution is -2.35. The number of hydrogen-bond acceptors (Lipinski definition) is 6. The van der Waals surface area contributed by atoms with Crippen molar-refractivity contribution in [3.05, 3.63) is 89.5 Å². The lowest BCUT2D eigenvalue weighted by molar-refractivity contribution is -0.129. The average Bonchev–Trinajstić information content (AvgIpc) is 3.30. The van der Waals surface area contributed by atoms with E-state index in [2.05, 4.69) is 5.32 Å². The van der Waals surface area contributed by atoms with E-state index in [4.69, 9.17) is 18.9 Å². The maximum atomic E-state index is 12.5. The van der Waals surface area contributed by atoms with E-state index in [0.29, 0.717) is 29.4 Å². The van der Waals surface area contributed by atoms with Crippen LogP contribution in [0.2, 0.25) is 0 Å². The number of rotatable bonds is 8. The summed E-state index contributed by atoms with van der Waals surface area (Å²) in [6, 6.07) is 21.9. The lowest BCUT2D eigenvalue weighted by atomic mass is 10.2. The molecule has 0 spiro atoms. The van der Waals surface area contributed by atoms with Gasteiger partial charge in [-0.05, 0) is 48.4 Å². The van der Waals surface area contributed by atoms with Crippen LogP contribution in [0.25, 0.3) is 0 Å². The zero-order valence-electron chi connectivity index (χ0n) is 17.6. The second-order valence-electron chi connectivity index (χ2n) is 7.26. The predicted molar refractivity (Wildman–Crippen MR) is 117 cm³/mol. The second-order valence-corrected chi connectivity index (χ2v) is 7.26. The van der Waals surface area contributed by atoms with Crippen molar-refractivity contribution in [2.75, 3.05) is 6.79 Å². The van der Waals surface area contributed by atoms with Gasteiger partial charge in [0.05, 0.1) is 5.56 Å². The van der Waals surface area contributed by atoms with E-state index in [0.717, 1.165) is 11.1 Å². The Morgan fingerprint density at radius 1 is 0.938 bits per heavy atom. The van der Waals surface area contributed by atoms with Crippen molar-refractivity contribution in [2.45, 2.75) is 26.2 Å². The standard InChI is InChI=1S/C25H23NO6/c1-17(24(27)26-14-19-10-11-22-23(12-19)31-16-30-22)32-25(28)20-8-5-9-21(13-20)29-15-18-6-3-2-4-7-18/h2-13,17H,14-16H2,1H3,(H,26,27). The van der Waals surface area contributed by atoms with Gasteiger partial charge in [-0.3, -0.25) is 4.79 Å². The van der Waals surface area contributed by atoms with Crippen LogP contribution in [0.4, 0.5) is 0 Å². The van der Waals surface area contributed by atoms with Gasteiger partial charge in [0, 0.05) is 6.54 Å². The van der Waals surface area contributed by atoms with Crippen molar-refractivity contribution in [3.63, 3.8) is 0 Å². The first-order chi connectivity index (χ1) is 15.6. The molecule has 1 heterocycles. The maximum Gasteiger partial charge on any atom is 0.339 e. The van der Waals surface area contributed by atoms with Gasteiger partial charge in [-0.25, -0.2) is 4.79 Å². The summed E-state index contributed by atoms with van der Waals surface area (Å²) in [4.78, 5) is 24.9. The number of carbonyl (C=O) groups excluding carboxylic acids is 2. The van der Waals surface area contributed by atoms with Crippen molar-refractivity contribution in [1.29, 1.82) is 0 Å². The fourth-order valence-corrected chi connectivity index (χ4v) is 3.12. The Morgan fingerprint density at radius 2 is 1.75 bits per heavy atom. The topological polar surface area (TPSA) is 83.1 Å². The Kier molecular flexibility index (Phi) is 6.55. The van der Waals surface area contributed by atoms with E-state index in [1.54, 1.807) is 36.4 Å². The van der Waals surface area contributed by atoms with Gasteiger partial charge in [0.1, 0.15) is 12.4 Å². The molecular formula is C25H23NO6. The van der Waals surface area contributed by atoms with Gasteiger partial charge in [0.2, 0.25) is 6.79 Å². The highest BCUT2D eigenvalue weighted by Crippen LogP contribution is 2.32. The van der Waals surface area contributed by atoms with Crippen LogP contribution in [0.3, 0.4) is 0 Å². The van der Waals surface area contributed by atoms with Crippen molar-refractivity contribution < 1.29 is 28.5 Å². The van der Waals surface area contributed by atoms with E-state index in [1.165, 1.54) is 6.92 Å². The first-order valence-electron chi connectivity index (χ1n) is 10.2. The van der Waals surface area contributed by atoms with Crippen molar-refractivity contribution >= 4 is 11.9 Å². The number of fused-ring (bicyclic) bond motifs is 1. The lowest BCUT2D eigenvalue weighted by Gasteiger charge is -2.14. The number of amides is 1. The monoisotopic (exact) mass is 433 g/mol. The van der Waals surface area contributed by atoms with Gasteiger partial charge in [0.25, 0.3) is 5.91 Å². The Balaban J connectivity index is 1.28. The number of hydrogen-bond donors (Lipinski definition) is 1. The van der Waals surface area contributed by atoms with Gasteiger partial charge in [0.15, 0.2) is 17.6 Å². The van der Waals surface area contributed by atoms with Crippen LogP contribution < -0.4 is 19.5 Å². The molecule has 7 nitrogen and oxygen atoms in total. The molecule has 1 amide bonds. The molecule has 3 aromatic carbocycles. The van der Waals surface area contributed by atoms with Crippen LogP contribution in [0, 0.1) is 0 Å². The molecule has 32 heavy (non-hydrogen) atoms. The minimum atomic E-state index is -0.953. The van der Waals surface area contributed by atoms with E-state index in [1.807, 2.05) is 36.4 Å². The van der Waals surface area contributed by atoms with Crippen LogP contribution >= 0.6 is 0 Å². The molecule has 1 unspecified atom stereocenters. The summed E-state index contributed by atoms with van der Waals surface area (Å²) in [5.74, 6) is 0.875. The third-order valence-electron chi connectivity index (χ3n) is 4.87. The summed E-state index contributed by atoms with van der Waals surface area (Å²) < 4.78 is 21.7. The molecular weight excluding hydrogens is 410 g/mol. The van der Waals surface area contributed by atoms with E-state index in [9.17, 15) is 9.59 Å². The van der Waals surface area contributed by atoms with Crippen LogP contribution in [0.5, 0.6) is 17.2 Å². The summed E-state index contributed by atoms with van der Waals surface area (Å²) >= 11 is 0. The Bertz CT molecular complexity index is 1100. The van der Waals surface area contributed by atoms with Gasteiger partial charge >= 0.3 is 5.97 Å². The molecule has 0 saturated carbocycles. The molecule has 1 N–H and O–H groups in total. The zero-order chi connectivity index (χ0) is 22.3. The molecule has 0 fully saturated rings. The minimum absolute atomic E-state index is 0.191. The first-order valence-corrected chi connectivity index (χ1v) is 10.2. The Labute approximate surface area is 185 Å². The van der Waals surface area contributed by atoms with Crippen molar-refractivity contribution in [1.82, 2.24) is 5.32 Å². The summed E-state index contributed by atoms with van der Waals surface area (Å²) in [6.07, 6.45) is -0.953. The molecule has 0 radical (unpaired) electrons. The fraction of sp³-hybridized carbons (Fsp3) is 0.200. The van der Waals surface area contributed by atoms with Gasteiger partial charge < -0.3 is 24.3 Å².